The minimum atomic E-state index is -0.977. The molecule has 0 atom stereocenters. The van der Waals surface area contributed by atoms with Gasteiger partial charge in [-0.2, -0.15) is 4.98 Å². The summed E-state index contributed by atoms with van der Waals surface area (Å²) in [6, 6.07) is 17.4. The van der Waals surface area contributed by atoms with Crippen LogP contribution in [0.2, 0.25) is 0 Å². The molecule has 1 amide bonds. The number of nitrogens with one attached hydrogen (secondary N) is 1. The number of fused-ring (bicyclic) bond motifs is 1. The minimum absolute atomic E-state index is 0.00976. The number of carboxylic acid groups (broad SMARTS) is 1. The zero-order chi connectivity index (χ0) is 25.3. The molecule has 2 aliphatic rings. The molecule has 8 heteroatoms. The third-order valence-electron chi connectivity index (χ3n) is 7.36. The molecule has 0 unspecified atom stereocenters. The molecular weight excluding hydrogens is 456 g/mol. The molecule has 5 rings (SSSR count). The largest absolute Gasteiger partial charge is 0.490 e. The molecule has 1 aliphatic heterocycles. The SMILES string of the molecule is COc1ncc2c(n1)CN(c1ccc(C(C)(C)c3ccc(OC4CC(NC(=O)O)C4)cc3)cc1)CC2. The van der Waals surface area contributed by atoms with Crippen LogP contribution in [0.25, 0.3) is 0 Å². The fourth-order valence-electron chi connectivity index (χ4n) is 4.96. The van der Waals surface area contributed by atoms with Crippen LogP contribution in [0.3, 0.4) is 0 Å². The van der Waals surface area contributed by atoms with Crippen molar-refractivity contribution >= 4 is 11.8 Å². The zero-order valence-electron chi connectivity index (χ0n) is 20.9. The Hall–Kier alpha value is -3.81. The number of nitrogens with zero attached hydrogens (tertiary/aromatic N) is 3. The van der Waals surface area contributed by atoms with Gasteiger partial charge in [0.2, 0.25) is 0 Å². The molecule has 2 aromatic carbocycles. The molecule has 3 aromatic rings. The number of anilines is 1. The Morgan fingerprint density at radius 3 is 2.39 bits per heavy atom. The maximum Gasteiger partial charge on any atom is 0.404 e. The Morgan fingerprint density at radius 1 is 1.08 bits per heavy atom. The third kappa shape index (κ3) is 4.94. The van der Waals surface area contributed by atoms with Gasteiger partial charge in [-0.25, -0.2) is 9.78 Å². The van der Waals surface area contributed by atoms with Gasteiger partial charge < -0.3 is 24.8 Å². The van der Waals surface area contributed by atoms with E-state index in [1.165, 1.54) is 22.4 Å². The number of benzene rings is 2. The van der Waals surface area contributed by atoms with Gasteiger partial charge in [-0.05, 0) is 47.4 Å². The van der Waals surface area contributed by atoms with E-state index >= 15 is 0 Å². The summed E-state index contributed by atoms with van der Waals surface area (Å²) in [4.78, 5) is 21.8. The van der Waals surface area contributed by atoms with Crippen LogP contribution in [0, 0.1) is 0 Å². The van der Waals surface area contributed by atoms with E-state index in [-0.39, 0.29) is 17.6 Å². The number of hydrogen-bond donors (Lipinski definition) is 2. The van der Waals surface area contributed by atoms with Gasteiger partial charge in [0.25, 0.3) is 0 Å². The van der Waals surface area contributed by atoms with E-state index in [9.17, 15) is 4.79 Å². The van der Waals surface area contributed by atoms with E-state index in [1.807, 2.05) is 18.3 Å². The Labute approximate surface area is 211 Å². The lowest BCUT2D eigenvalue weighted by molar-refractivity contribution is 0.0833. The summed E-state index contributed by atoms with van der Waals surface area (Å²) in [5, 5.41) is 11.3. The third-order valence-corrected chi connectivity index (χ3v) is 7.36. The molecule has 1 saturated carbocycles. The monoisotopic (exact) mass is 488 g/mol. The van der Waals surface area contributed by atoms with Gasteiger partial charge in [0, 0.05) is 42.7 Å². The Morgan fingerprint density at radius 2 is 1.75 bits per heavy atom. The second kappa shape index (κ2) is 9.68. The van der Waals surface area contributed by atoms with Crippen molar-refractivity contribution in [3.63, 3.8) is 0 Å². The number of methoxy groups -OCH3 is 1. The molecule has 0 saturated heterocycles. The van der Waals surface area contributed by atoms with E-state index in [2.05, 4.69) is 70.4 Å². The van der Waals surface area contributed by atoms with Crippen molar-refractivity contribution in [1.29, 1.82) is 0 Å². The molecule has 0 radical (unpaired) electrons. The summed E-state index contributed by atoms with van der Waals surface area (Å²) in [6.45, 7) is 6.13. The quantitative estimate of drug-likeness (QED) is 0.504. The number of ether oxygens (including phenoxy) is 2. The van der Waals surface area contributed by atoms with Crippen molar-refractivity contribution in [2.24, 2.45) is 0 Å². The lowest BCUT2D eigenvalue weighted by Crippen LogP contribution is -2.48. The Balaban J connectivity index is 1.22. The molecule has 2 heterocycles. The highest BCUT2D eigenvalue weighted by Gasteiger charge is 2.32. The number of carbonyl (C=O) groups is 1. The maximum atomic E-state index is 10.7. The van der Waals surface area contributed by atoms with Gasteiger partial charge in [0.1, 0.15) is 11.9 Å². The zero-order valence-corrected chi connectivity index (χ0v) is 20.9. The highest BCUT2D eigenvalue weighted by molar-refractivity contribution is 5.65. The van der Waals surface area contributed by atoms with Gasteiger partial charge in [0.05, 0.1) is 19.3 Å². The van der Waals surface area contributed by atoms with E-state index < -0.39 is 6.09 Å². The van der Waals surface area contributed by atoms with Crippen LogP contribution in [0.5, 0.6) is 11.8 Å². The maximum absolute atomic E-state index is 10.7. The normalized spacial score (nSPS) is 19.1. The van der Waals surface area contributed by atoms with E-state index in [0.717, 1.165) is 31.0 Å². The number of aromatic nitrogens is 2. The lowest BCUT2D eigenvalue weighted by Gasteiger charge is -2.35. The molecule has 8 nitrogen and oxygen atoms in total. The van der Waals surface area contributed by atoms with Crippen molar-refractivity contribution < 1.29 is 19.4 Å². The van der Waals surface area contributed by atoms with Crippen molar-refractivity contribution in [3.8, 4) is 11.8 Å². The molecule has 0 spiro atoms. The first-order chi connectivity index (χ1) is 17.3. The fraction of sp³-hybridized carbons (Fsp3) is 0.393. The number of hydrogen-bond acceptors (Lipinski definition) is 6. The lowest BCUT2D eigenvalue weighted by atomic mass is 9.78. The highest BCUT2D eigenvalue weighted by Crippen LogP contribution is 2.35. The van der Waals surface area contributed by atoms with Crippen LogP contribution in [-0.2, 0) is 18.4 Å². The standard InChI is InChI=1S/C28H32N4O4/c1-28(2,20-6-10-23(11-7-20)36-24-14-21(15-24)30-27(33)34)19-4-8-22(9-5-19)32-13-12-18-16-29-26(35-3)31-25(18)17-32/h4-11,16,21,24,30H,12-15,17H2,1-3H3,(H,33,34). The molecule has 0 bridgehead atoms. The summed E-state index contributed by atoms with van der Waals surface area (Å²) in [5.41, 5.74) is 5.67. The summed E-state index contributed by atoms with van der Waals surface area (Å²) >= 11 is 0. The predicted octanol–water partition coefficient (Wildman–Crippen LogP) is 4.55. The molecule has 188 valence electrons. The average Bonchev–Trinajstić information content (AvgIpc) is 2.87. The van der Waals surface area contributed by atoms with Crippen LogP contribution < -0.4 is 19.7 Å². The molecule has 1 aliphatic carbocycles. The predicted molar refractivity (Wildman–Crippen MR) is 137 cm³/mol. The van der Waals surface area contributed by atoms with E-state index in [4.69, 9.17) is 14.6 Å². The van der Waals surface area contributed by atoms with Crippen molar-refractivity contribution in [1.82, 2.24) is 15.3 Å². The Kier molecular flexibility index (Phi) is 6.43. The van der Waals surface area contributed by atoms with Gasteiger partial charge in [-0.3, -0.25) is 0 Å². The van der Waals surface area contributed by atoms with Crippen LogP contribution in [0.15, 0.2) is 54.7 Å². The summed E-state index contributed by atoms with van der Waals surface area (Å²) in [7, 11) is 1.59. The van der Waals surface area contributed by atoms with Crippen LogP contribution in [-0.4, -0.2) is 47.0 Å². The van der Waals surface area contributed by atoms with Crippen molar-refractivity contribution in [3.05, 3.63) is 77.1 Å². The summed E-state index contributed by atoms with van der Waals surface area (Å²) < 4.78 is 11.2. The first kappa shape index (κ1) is 23.9. The highest BCUT2D eigenvalue weighted by atomic mass is 16.5. The molecule has 1 aromatic heterocycles. The van der Waals surface area contributed by atoms with E-state index in [0.29, 0.717) is 18.9 Å². The van der Waals surface area contributed by atoms with Gasteiger partial charge >= 0.3 is 12.1 Å². The van der Waals surface area contributed by atoms with E-state index in [1.54, 1.807) is 7.11 Å². The van der Waals surface area contributed by atoms with Crippen LogP contribution in [0.4, 0.5) is 10.5 Å². The smallest absolute Gasteiger partial charge is 0.404 e. The average molecular weight is 489 g/mol. The number of amides is 1. The van der Waals surface area contributed by atoms with Crippen LogP contribution in [0.1, 0.15) is 49.1 Å². The van der Waals surface area contributed by atoms with Gasteiger partial charge in [0.15, 0.2) is 0 Å². The summed E-state index contributed by atoms with van der Waals surface area (Å²) in [5.74, 6) is 0.814. The topological polar surface area (TPSA) is 96.8 Å². The second-order valence-corrected chi connectivity index (χ2v) is 10.1. The summed E-state index contributed by atoms with van der Waals surface area (Å²) in [6.07, 6.45) is 3.28. The molecule has 2 N–H and O–H groups in total. The Bertz CT molecular complexity index is 1220. The van der Waals surface area contributed by atoms with Gasteiger partial charge in [-0.15, -0.1) is 0 Å². The number of rotatable bonds is 7. The molecule has 1 fully saturated rings. The molecular formula is C28H32N4O4. The van der Waals surface area contributed by atoms with Crippen LogP contribution >= 0.6 is 0 Å². The second-order valence-electron chi connectivity index (χ2n) is 10.1. The fourth-order valence-corrected chi connectivity index (χ4v) is 4.96. The first-order valence-electron chi connectivity index (χ1n) is 12.3. The van der Waals surface area contributed by atoms with Gasteiger partial charge in [-0.1, -0.05) is 38.1 Å². The molecule has 36 heavy (non-hydrogen) atoms. The first-order valence-corrected chi connectivity index (χ1v) is 12.3. The van der Waals surface area contributed by atoms with Crippen molar-refractivity contribution in [2.45, 2.75) is 57.2 Å². The van der Waals surface area contributed by atoms with Crippen molar-refractivity contribution in [2.75, 3.05) is 18.6 Å². The minimum Gasteiger partial charge on any atom is -0.490 e.